The summed E-state index contributed by atoms with van der Waals surface area (Å²) < 4.78 is 0. The van der Waals surface area contributed by atoms with E-state index in [4.69, 9.17) is 5.11 Å². The van der Waals surface area contributed by atoms with Gasteiger partial charge in [-0.15, -0.1) is 0 Å². The Bertz CT molecular complexity index is 756. The van der Waals surface area contributed by atoms with Gasteiger partial charge in [0.05, 0.1) is 6.61 Å². The number of aliphatic hydroxyl groups excluding tert-OH is 1. The zero-order chi connectivity index (χ0) is 15.1. The van der Waals surface area contributed by atoms with Gasteiger partial charge < -0.3 is 15.4 Å². The molecule has 0 bridgehead atoms. The Hall–Kier alpha value is -2.91. The highest BCUT2D eigenvalue weighted by molar-refractivity contribution is 6.03. The molecule has 3 N–H and O–H groups in total. The van der Waals surface area contributed by atoms with E-state index < -0.39 is 5.91 Å². The summed E-state index contributed by atoms with van der Waals surface area (Å²) in [6, 6.07) is 7.75. The molecule has 6 nitrogen and oxygen atoms in total. The number of pyridine rings is 2. The number of aromatic nitrogens is 2. The van der Waals surface area contributed by atoms with Crippen LogP contribution in [0.4, 0.5) is 5.82 Å². The van der Waals surface area contributed by atoms with Crippen molar-refractivity contribution in [3.05, 3.63) is 58.1 Å². The normalized spacial score (nSPS) is 9.57. The molecular formula is C15H13N3O3. The number of anilines is 1. The molecule has 0 aliphatic rings. The lowest BCUT2D eigenvalue weighted by Crippen LogP contribution is -2.16. The van der Waals surface area contributed by atoms with E-state index in [-0.39, 0.29) is 17.7 Å². The van der Waals surface area contributed by atoms with Crippen LogP contribution in [0.3, 0.4) is 0 Å². The van der Waals surface area contributed by atoms with E-state index in [0.717, 1.165) is 0 Å². The summed E-state index contributed by atoms with van der Waals surface area (Å²) in [6.07, 6.45) is 1.77. The van der Waals surface area contributed by atoms with Crippen LogP contribution >= 0.6 is 0 Å². The fourth-order valence-corrected chi connectivity index (χ4v) is 1.56. The van der Waals surface area contributed by atoms with Gasteiger partial charge in [-0.3, -0.25) is 9.59 Å². The maximum atomic E-state index is 12.0. The third kappa shape index (κ3) is 4.30. The van der Waals surface area contributed by atoms with Gasteiger partial charge in [-0.25, -0.2) is 4.98 Å². The van der Waals surface area contributed by atoms with Crippen LogP contribution < -0.4 is 10.9 Å². The quantitative estimate of drug-likeness (QED) is 0.725. The van der Waals surface area contributed by atoms with Crippen molar-refractivity contribution in [2.45, 2.75) is 6.42 Å². The molecule has 0 atom stereocenters. The first-order valence-electron chi connectivity index (χ1n) is 6.26. The van der Waals surface area contributed by atoms with Crippen molar-refractivity contribution in [2.75, 3.05) is 11.9 Å². The van der Waals surface area contributed by atoms with Crippen molar-refractivity contribution in [1.82, 2.24) is 9.97 Å². The van der Waals surface area contributed by atoms with Gasteiger partial charge in [0.1, 0.15) is 11.5 Å². The van der Waals surface area contributed by atoms with Gasteiger partial charge >= 0.3 is 0 Å². The number of hydrogen-bond acceptors (Lipinski definition) is 4. The Balaban J connectivity index is 2.13. The highest BCUT2D eigenvalue weighted by Crippen LogP contribution is 2.06. The highest BCUT2D eigenvalue weighted by Gasteiger charge is 2.07. The summed E-state index contributed by atoms with van der Waals surface area (Å²) in [5, 5.41) is 11.3. The number of carbonyl (C=O) groups is 1. The average molecular weight is 283 g/mol. The van der Waals surface area contributed by atoms with Gasteiger partial charge in [0.15, 0.2) is 0 Å². The minimum atomic E-state index is -0.422. The first kappa shape index (κ1) is 14.5. The number of aromatic amines is 1. The summed E-state index contributed by atoms with van der Waals surface area (Å²) in [5.74, 6) is 5.45. The molecule has 2 aromatic rings. The van der Waals surface area contributed by atoms with Gasteiger partial charge in [-0.1, -0.05) is 12.0 Å². The van der Waals surface area contributed by atoms with Crippen LogP contribution in [-0.4, -0.2) is 27.6 Å². The SMILES string of the molecule is O=C(Nc1cccc(C#CCCO)n1)c1cc[nH]c(=O)c1. The number of aliphatic hydroxyl groups is 1. The largest absolute Gasteiger partial charge is 0.395 e. The Morgan fingerprint density at radius 2 is 2.24 bits per heavy atom. The van der Waals surface area contributed by atoms with Crippen LogP contribution in [0.2, 0.25) is 0 Å². The Kier molecular flexibility index (Phi) is 4.85. The fourth-order valence-electron chi connectivity index (χ4n) is 1.56. The molecule has 0 aliphatic heterocycles. The molecule has 0 saturated heterocycles. The first-order valence-corrected chi connectivity index (χ1v) is 6.26. The third-order valence-corrected chi connectivity index (χ3v) is 2.48. The van der Waals surface area contributed by atoms with Crippen molar-refractivity contribution in [2.24, 2.45) is 0 Å². The van der Waals surface area contributed by atoms with Gasteiger partial charge in [-0.05, 0) is 24.1 Å². The molecule has 0 saturated carbocycles. The van der Waals surface area contributed by atoms with Crippen molar-refractivity contribution < 1.29 is 9.90 Å². The summed E-state index contributed by atoms with van der Waals surface area (Å²) in [7, 11) is 0. The van der Waals surface area contributed by atoms with Gasteiger partial charge in [0.2, 0.25) is 5.56 Å². The lowest BCUT2D eigenvalue weighted by Gasteiger charge is -2.04. The minimum absolute atomic E-state index is 0.00796. The van der Waals surface area contributed by atoms with Crippen LogP contribution in [0, 0.1) is 11.8 Å². The third-order valence-electron chi connectivity index (χ3n) is 2.48. The van der Waals surface area contributed by atoms with E-state index in [1.807, 2.05) is 0 Å². The van der Waals surface area contributed by atoms with Crippen molar-refractivity contribution >= 4 is 11.7 Å². The minimum Gasteiger partial charge on any atom is -0.395 e. The second-order valence-electron chi connectivity index (χ2n) is 4.08. The number of nitrogens with zero attached hydrogens (tertiary/aromatic N) is 1. The van der Waals surface area contributed by atoms with Crippen LogP contribution in [0.25, 0.3) is 0 Å². The van der Waals surface area contributed by atoms with Crippen LogP contribution in [0.1, 0.15) is 22.5 Å². The van der Waals surface area contributed by atoms with Crippen molar-refractivity contribution in [3.63, 3.8) is 0 Å². The van der Waals surface area contributed by atoms with E-state index in [9.17, 15) is 9.59 Å². The molecule has 0 fully saturated rings. The van der Waals surface area contributed by atoms with Crippen molar-refractivity contribution in [3.8, 4) is 11.8 Å². The van der Waals surface area contributed by atoms with Crippen LogP contribution in [-0.2, 0) is 0 Å². The Morgan fingerprint density at radius 1 is 1.38 bits per heavy atom. The van der Waals surface area contributed by atoms with E-state index in [1.165, 1.54) is 18.3 Å². The van der Waals surface area contributed by atoms with Gasteiger partial charge in [0, 0.05) is 24.2 Å². The molecule has 0 aromatic carbocycles. The standard InChI is InChI=1S/C15H13N3O3/c19-9-2-1-4-12-5-3-6-13(17-12)18-15(21)11-7-8-16-14(20)10-11/h3,5-8,10,19H,2,9H2,(H,16,20)(H,17,18,21). The molecule has 2 heterocycles. The predicted octanol–water partition coefficient (Wildman–Crippen LogP) is 0.756. The van der Waals surface area contributed by atoms with E-state index in [1.54, 1.807) is 18.2 Å². The molecular weight excluding hydrogens is 270 g/mol. The number of rotatable bonds is 3. The second kappa shape index (κ2) is 7.03. The summed E-state index contributed by atoms with van der Waals surface area (Å²) in [6.45, 7) is -0.00796. The average Bonchev–Trinajstić information content (AvgIpc) is 2.48. The van der Waals surface area contributed by atoms with E-state index in [0.29, 0.717) is 17.9 Å². The second-order valence-corrected chi connectivity index (χ2v) is 4.08. The smallest absolute Gasteiger partial charge is 0.257 e. The number of H-pyrrole nitrogens is 1. The maximum Gasteiger partial charge on any atom is 0.257 e. The molecule has 0 spiro atoms. The fraction of sp³-hybridized carbons (Fsp3) is 0.133. The molecule has 0 radical (unpaired) electrons. The zero-order valence-corrected chi connectivity index (χ0v) is 11.1. The Labute approximate surface area is 120 Å². The molecule has 2 aromatic heterocycles. The number of nitrogens with one attached hydrogen (secondary N) is 2. The molecule has 6 heteroatoms. The number of carbonyl (C=O) groups excluding carboxylic acids is 1. The van der Waals surface area contributed by atoms with Crippen molar-refractivity contribution in [1.29, 1.82) is 0 Å². The monoisotopic (exact) mass is 283 g/mol. The van der Waals surface area contributed by atoms with Crippen LogP contribution in [0.15, 0.2) is 41.3 Å². The molecule has 106 valence electrons. The zero-order valence-electron chi connectivity index (χ0n) is 11.1. The number of hydrogen-bond donors (Lipinski definition) is 3. The number of amides is 1. The molecule has 1 amide bonds. The van der Waals surface area contributed by atoms with E-state index >= 15 is 0 Å². The summed E-state index contributed by atoms with van der Waals surface area (Å²) in [5.41, 5.74) is 0.392. The van der Waals surface area contributed by atoms with Crippen LogP contribution in [0.5, 0.6) is 0 Å². The Morgan fingerprint density at radius 3 is 3.00 bits per heavy atom. The molecule has 0 aliphatic carbocycles. The van der Waals surface area contributed by atoms with Gasteiger partial charge in [-0.2, -0.15) is 0 Å². The topological polar surface area (TPSA) is 95.1 Å². The molecule has 21 heavy (non-hydrogen) atoms. The van der Waals surface area contributed by atoms with E-state index in [2.05, 4.69) is 27.1 Å². The summed E-state index contributed by atoms with van der Waals surface area (Å²) in [4.78, 5) is 29.7. The summed E-state index contributed by atoms with van der Waals surface area (Å²) >= 11 is 0. The lowest BCUT2D eigenvalue weighted by atomic mass is 10.2. The van der Waals surface area contributed by atoms with Gasteiger partial charge in [0.25, 0.3) is 5.91 Å². The molecule has 0 unspecified atom stereocenters. The molecule has 2 rings (SSSR count). The lowest BCUT2D eigenvalue weighted by molar-refractivity contribution is 0.102. The first-order chi connectivity index (χ1) is 10.2. The predicted molar refractivity (Wildman–Crippen MR) is 77.8 cm³/mol. The highest BCUT2D eigenvalue weighted by atomic mass is 16.2. The maximum absolute atomic E-state index is 12.0.